The molecule has 0 unspecified atom stereocenters. The SMILES string of the molecule is COCCCN(CC(=O)Nc1cc(-c2ccccc2)nn1-c1ccc(F)cc1)C(=O)COc1ccccc1. The fourth-order valence-electron chi connectivity index (χ4n) is 3.80. The second-order valence-electron chi connectivity index (χ2n) is 8.48. The zero-order valence-electron chi connectivity index (χ0n) is 21.0. The standard InChI is InChI=1S/C29H29FN4O4/c1-37-18-8-17-33(29(36)21-38-25-11-6-3-7-12-25)20-28(35)31-27-19-26(22-9-4-2-5-10-22)32-34(27)24-15-13-23(30)14-16-24/h2-7,9-16,19H,8,17-18,20-21H2,1H3,(H,31,35). The molecule has 0 atom stereocenters. The summed E-state index contributed by atoms with van der Waals surface area (Å²) in [7, 11) is 1.58. The van der Waals surface area contributed by atoms with Gasteiger partial charge in [-0.05, 0) is 42.8 Å². The zero-order valence-corrected chi connectivity index (χ0v) is 21.0. The van der Waals surface area contributed by atoms with Gasteiger partial charge in [0.05, 0.1) is 11.4 Å². The van der Waals surface area contributed by atoms with Gasteiger partial charge in [-0.1, -0.05) is 48.5 Å². The summed E-state index contributed by atoms with van der Waals surface area (Å²) in [5, 5.41) is 7.50. The Bertz CT molecular complexity index is 1330. The molecule has 0 bridgehead atoms. The molecule has 4 aromatic rings. The fraction of sp³-hybridized carbons (Fsp3) is 0.207. The van der Waals surface area contributed by atoms with Crippen LogP contribution >= 0.6 is 0 Å². The van der Waals surface area contributed by atoms with Gasteiger partial charge in [0.1, 0.15) is 23.9 Å². The van der Waals surface area contributed by atoms with E-state index in [2.05, 4.69) is 10.4 Å². The highest BCUT2D eigenvalue weighted by Gasteiger charge is 2.20. The van der Waals surface area contributed by atoms with Crippen LogP contribution in [0.15, 0.2) is 91.0 Å². The van der Waals surface area contributed by atoms with Crippen LogP contribution in [0.2, 0.25) is 0 Å². The van der Waals surface area contributed by atoms with E-state index >= 15 is 0 Å². The Hall–Kier alpha value is -4.50. The summed E-state index contributed by atoms with van der Waals surface area (Å²) >= 11 is 0. The lowest BCUT2D eigenvalue weighted by molar-refractivity contribution is -0.136. The molecule has 0 aliphatic carbocycles. The van der Waals surface area contributed by atoms with Gasteiger partial charge in [0, 0.05) is 31.9 Å². The van der Waals surface area contributed by atoms with Gasteiger partial charge in [0.15, 0.2) is 6.61 Å². The van der Waals surface area contributed by atoms with E-state index in [4.69, 9.17) is 9.47 Å². The molecule has 38 heavy (non-hydrogen) atoms. The third kappa shape index (κ3) is 7.27. The predicted molar refractivity (Wildman–Crippen MR) is 143 cm³/mol. The Balaban J connectivity index is 1.51. The maximum absolute atomic E-state index is 13.5. The van der Waals surface area contributed by atoms with E-state index in [9.17, 15) is 14.0 Å². The summed E-state index contributed by atoms with van der Waals surface area (Å²) in [4.78, 5) is 27.5. The smallest absolute Gasteiger partial charge is 0.260 e. The molecule has 9 heteroatoms. The van der Waals surface area contributed by atoms with Crippen LogP contribution in [0.1, 0.15) is 6.42 Å². The average Bonchev–Trinajstić information content (AvgIpc) is 3.36. The van der Waals surface area contributed by atoms with E-state index in [1.54, 1.807) is 37.4 Å². The summed E-state index contributed by atoms with van der Waals surface area (Å²) in [6, 6.07) is 26.1. The number of nitrogens with zero attached hydrogens (tertiary/aromatic N) is 3. The molecule has 8 nitrogen and oxygen atoms in total. The van der Waals surface area contributed by atoms with Gasteiger partial charge in [0.2, 0.25) is 5.91 Å². The number of aromatic nitrogens is 2. The van der Waals surface area contributed by atoms with Crippen molar-refractivity contribution in [1.82, 2.24) is 14.7 Å². The van der Waals surface area contributed by atoms with Crippen LogP contribution in [0.5, 0.6) is 5.75 Å². The molecular weight excluding hydrogens is 487 g/mol. The predicted octanol–water partition coefficient (Wildman–Crippen LogP) is 4.56. The summed E-state index contributed by atoms with van der Waals surface area (Å²) < 4.78 is 25.8. The topological polar surface area (TPSA) is 85.7 Å². The number of carbonyl (C=O) groups is 2. The number of ether oxygens (including phenoxy) is 2. The highest BCUT2D eigenvalue weighted by molar-refractivity contribution is 5.94. The highest BCUT2D eigenvalue weighted by Crippen LogP contribution is 2.25. The number of hydrogen-bond donors (Lipinski definition) is 1. The molecule has 0 aliphatic heterocycles. The lowest BCUT2D eigenvalue weighted by Gasteiger charge is -2.22. The number of halogens is 1. The maximum atomic E-state index is 13.5. The molecule has 0 aliphatic rings. The Labute approximate surface area is 220 Å². The van der Waals surface area contributed by atoms with E-state index in [-0.39, 0.29) is 24.9 Å². The van der Waals surface area contributed by atoms with Crippen LogP contribution in [-0.2, 0) is 14.3 Å². The minimum absolute atomic E-state index is 0.185. The van der Waals surface area contributed by atoms with E-state index in [0.717, 1.165) is 5.56 Å². The number of amides is 2. The van der Waals surface area contributed by atoms with Gasteiger partial charge in [0.25, 0.3) is 5.91 Å². The first-order valence-corrected chi connectivity index (χ1v) is 12.2. The van der Waals surface area contributed by atoms with E-state index in [1.165, 1.54) is 21.7 Å². The van der Waals surface area contributed by atoms with Crippen molar-refractivity contribution in [3.63, 3.8) is 0 Å². The molecule has 4 rings (SSSR count). The molecule has 0 saturated carbocycles. The van der Waals surface area contributed by atoms with Crippen molar-refractivity contribution in [3.8, 4) is 22.7 Å². The van der Waals surface area contributed by atoms with Crippen molar-refractivity contribution in [2.75, 3.05) is 38.7 Å². The molecule has 1 aromatic heterocycles. The second-order valence-corrected chi connectivity index (χ2v) is 8.48. The fourth-order valence-corrected chi connectivity index (χ4v) is 3.80. The Morgan fingerprint density at radius 1 is 0.974 bits per heavy atom. The molecule has 1 heterocycles. The Kier molecular flexibility index (Phi) is 9.20. The summed E-state index contributed by atoms with van der Waals surface area (Å²) in [6.45, 7) is 0.388. The van der Waals surface area contributed by atoms with Crippen molar-refractivity contribution in [3.05, 3.63) is 96.8 Å². The van der Waals surface area contributed by atoms with E-state index in [0.29, 0.717) is 42.5 Å². The summed E-state index contributed by atoms with van der Waals surface area (Å²) in [5.41, 5.74) is 2.07. The second kappa shape index (κ2) is 13.2. The molecular formula is C29H29FN4O4. The van der Waals surface area contributed by atoms with Crippen LogP contribution in [0.3, 0.4) is 0 Å². The van der Waals surface area contributed by atoms with Gasteiger partial charge in [-0.25, -0.2) is 9.07 Å². The highest BCUT2D eigenvalue weighted by atomic mass is 19.1. The van der Waals surface area contributed by atoms with Gasteiger partial charge >= 0.3 is 0 Å². The number of carbonyl (C=O) groups excluding carboxylic acids is 2. The van der Waals surface area contributed by atoms with Crippen LogP contribution in [0.4, 0.5) is 10.2 Å². The first-order valence-electron chi connectivity index (χ1n) is 12.2. The molecule has 0 saturated heterocycles. The van der Waals surface area contributed by atoms with Gasteiger partial charge < -0.3 is 19.7 Å². The molecule has 3 aromatic carbocycles. The number of anilines is 1. The Morgan fingerprint density at radius 3 is 2.34 bits per heavy atom. The largest absolute Gasteiger partial charge is 0.484 e. The number of nitrogens with one attached hydrogen (secondary N) is 1. The normalized spacial score (nSPS) is 10.7. The number of methoxy groups -OCH3 is 1. The lowest BCUT2D eigenvalue weighted by Crippen LogP contribution is -2.41. The Morgan fingerprint density at radius 2 is 1.66 bits per heavy atom. The molecule has 0 radical (unpaired) electrons. The van der Waals surface area contributed by atoms with Crippen molar-refractivity contribution in [2.24, 2.45) is 0 Å². The molecule has 0 spiro atoms. The molecule has 1 N–H and O–H groups in total. The average molecular weight is 517 g/mol. The third-order valence-corrected chi connectivity index (χ3v) is 5.69. The van der Waals surface area contributed by atoms with Crippen molar-refractivity contribution in [2.45, 2.75) is 6.42 Å². The molecule has 2 amide bonds. The number of para-hydroxylation sites is 1. The molecule has 196 valence electrons. The van der Waals surface area contributed by atoms with E-state index in [1.807, 2.05) is 48.5 Å². The van der Waals surface area contributed by atoms with E-state index < -0.39 is 5.91 Å². The van der Waals surface area contributed by atoms with Crippen molar-refractivity contribution < 1.29 is 23.5 Å². The third-order valence-electron chi connectivity index (χ3n) is 5.69. The van der Waals surface area contributed by atoms with Crippen LogP contribution in [-0.4, -0.2) is 59.9 Å². The minimum Gasteiger partial charge on any atom is -0.484 e. The van der Waals surface area contributed by atoms with Crippen LogP contribution in [0.25, 0.3) is 16.9 Å². The lowest BCUT2D eigenvalue weighted by atomic mass is 10.1. The summed E-state index contributed by atoms with van der Waals surface area (Å²) in [5.74, 6) is -0.141. The minimum atomic E-state index is -0.404. The zero-order chi connectivity index (χ0) is 26.7. The molecule has 0 fully saturated rings. The first-order chi connectivity index (χ1) is 18.5. The maximum Gasteiger partial charge on any atom is 0.260 e. The van der Waals surface area contributed by atoms with Crippen LogP contribution in [0, 0.1) is 5.82 Å². The monoisotopic (exact) mass is 516 g/mol. The van der Waals surface area contributed by atoms with Gasteiger partial charge in [-0.2, -0.15) is 5.10 Å². The van der Waals surface area contributed by atoms with Crippen molar-refractivity contribution in [1.29, 1.82) is 0 Å². The summed E-state index contributed by atoms with van der Waals surface area (Å²) in [6.07, 6.45) is 0.562. The van der Waals surface area contributed by atoms with Crippen LogP contribution < -0.4 is 10.1 Å². The number of hydrogen-bond acceptors (Lipinski definition) is 5. The number of benzene rings is 3. The first kappa shape index (κ1) is 26.6. The number of rotatable bonds is 12. The van der Waals surface area contributed by atoms with Crippen molar-refractivity contribution >= 4 is 17.6 Å². The quantitative estimate of drug-likeness (QED) is 0.279. The van der Waals surface area contributed by atoms with Gasteiger partial charge in [-0.3, -0.25) is 9.59 Å². The van der Waals surface area contributed by atoms with Gasteiger partial charge in [-0.15, -0.1) is 0 Å².